The van der Waals surface area contributed by atoms with Crippen LogP contribution in [0.15, 0.2) is 30.3 Å². The van der Waals surface area contributed by atoms with E-state index in [0.29, 0.717) is 30.3 Å². The Balaban J connectivity index is 1.25. The van der Waals surface area contributed by atoms with Gasteiger partial charge < -0.3 is 10.2 Å². The standard InChI is InChI=1S/C22H31N3O2/c1-17(18-5-3-2-4-6-18)23-20(26)15-24-13-11-22(12-14-24)10-9-21(27)25(16-22)19-7-8-19/h2-6,17,19H,7-16H2,1H3,(H,23,26)/t17-/m1/s1. The summed E-state index contributed by atoms with van der Waals surface area (Å²) in [6.45, 7) is 5.36. The smallest absolute Gasteiger partial charge is 0.234 e. The molecular weight excluding hydrogens is 338 g/mol. The van der Waals surface area contributed by atoms with Crippen LogP contribution < -0.4 is 5.32 Å². The van der Waals surface area contributed by atoms with Crippen molar-refractivity contribution in [2.45, 2.75) is 57.5 Å². The Labute approximate surface area is 162 Å². The monoisotopic (exact) mass is 369 g/mol. The molecule has 2 aliphatic heterocycles. The van der Waals surface area contributed by atoms with Crippen LogP contribution in [0.5, 0.6) is 0 Å². The molecule has 1 atom stereocenters. The lowest BCUT2D eigenvalue weighted by molar-refractivity contribution is -0.139. The molecule has 0 aromatic heterocycles. The highest BCUT2D eigenvalue weighted by molar-refractivity contribution is 5.79. The molecular formula is C22H31N3O2. The quantitative estimate of drug-likeness (QED) is 0.868. The van der Waals surface area contributed by atoms with Gasteiger partial charge >= 0.3 is 0 Å². The summed E-state index contributed by atoms with van der Waals surface area (Å²) in [5.41, 5.74) is 1.43. The summed E-state index contributed by atoms with van der Waals surface area (Å²) in [6, 6.07) is 10.6. The lowest BCUT2D eigenvalue weighted by Gasteiger charge is -2.47. The van der Waals surface area contributed by atoms with E-state index in [-0.39, 0.29) is 11.9 Å². The molecule has 27 heavy (non-hydrogen) atoms. The maximum absolute atomic E-state index is 12.4. The van der Waals surface area contributed by atoms with Gasteiger partial charge in [0.1, 0.15) is 0 Å². The fourth-order valence-electron chi connectivity index (χ4n) is 4.67. The molecule has 1 aromatic carbocycles. The van der Waals surface area contributed by atoms with Crippen LogP contribution in [0, 0.1) is 5.41 Å². The van der Waals surface area contributed by atoms with Gasteiger partial charge in [-0.15, -0.1) is 0 Å². The summed E-state index contributed by atoms with van der Waals surface area (Å²) in [6.07, 6.45) is 6.32. The van der Waals surface area contributed by atoms with Gasteiger partial charge in [-0.25, -0.2) is 0 Å². The summed E-state index contributed by atoms with van der Waals surface area (Å²) in [7, 11) is 0. The minimum Gasteiger partial charge on any atom is -0.348 e. The van der Waals surface area contributed by atoms with Gasteiger partial charge in [0.2, 0.25) is 11.8 Å². The van der Waals surface area contributed by atoms with Crippen molar-refractivity contribution in [3.05, 3.63) is 35.9 Å². The van der Waals surface area contributed by atoms with Crippen LogP contribution in [0.4, 0.5) is 0 Å². The Hall–Kier alpha value is -1.88. The Morgan fingerprint density at radius 2 is 1.89 bits per heavy atom. The maximum Gasteiger partial charge on any atom is 0.234 e. The molecule has 3 fully saturated rings. The SMILES string of the molecule is C[C@@H](NC(=O)CN1CCC2(CCC(=O)N(C3CC3)C2)CC1)c1ccccc1. The van der Waals surface area contributed by atoms with Crippen molar-refractivity contribution >= 4 is 11.8 Å². The van der Waals surface area contributed by atoms with Crippen LogP contribution in [0.25, 0.3) is 0 Å². The van der Waals surface area contributed by atoms with Crippen molar-refractivity contribution in [3.8, 4) is 0 Å². The number of rotatable bonds is 5. The van der Waals surface area contributed by atoms with E-state index in [1.54, 1.807) is 0 Å². The van der Waals surface area contributed by atoms with Crippen LogP contribution >= 0.6 is 0 Å². The zero-order valence-corrected chi connectivity index (χ0v) is 16.3. The van der Waals surface area contributed by atoms with Crippen LogP contribution in [-0.4, -0.2) is 53.8 Å². The summed E-state index contributed by atoms with van der Waals surface area (Å²) < 4.78 is 0. The molecule has 4 rings (SSSR count). The lowest BCUT2D eigenvalue weighted by Crippen LogP contribution is -2.53. The Bertz CT molecular complexity index is 678. The Morgan fingerprint density at radius 1 is 1.19 bits per heavy atom. The van der Waals surface area contributed by atoms with E-state index < -0.39 is 0 Å². The molecule has 0 radical (unpaired) electrons. The summed E-state index contributed by atoms with van der Waals surface area (Å²) >= 11 is 0. The first kappa shape index (κ1) is 18.5. The average molecular weight is 370 g/mol. The normalized spacial score (nSPS) is 24.0. The van der Waals surface area contributed by atoms with Crippen LogP contribution in [-0.2, 0) is 9.59 Å². The molecule has 0 bridgehead atoms. The van der Waals surface area contributed by atoms with Gasteiger partial charge in [-0.2, -0.15) is 0 Å². The molecule has 2 saturated heterocycles. The molecule has 146 valence electrons. The fourth-order valence-corrected chi connectivity index (χ4v) is 4.67. The molecule has 5 heteroatoms. The number of piperidine rings is 2. The second kappa shape index (κ2) is 7.63. The topological polar surface area (TPSA) is 52.7 Å². The highest BCUT2D eigenvalue weighted by Crippen LogP contribution is 2.43. The number of nitrogens with one attached hydrogen (secondary N) is 1. The van der Waals surface area contributed by atoms with Crippen molar-refractivity contribution in [3.63, 3.8) is 0 Å². The third-order valence-corrected chi connectivity index (χ3v) is 6.64. The molecule has 1 aliphatic carbocycles. The van der Waals surface area contributed by atoms with Gasteiger partial charge in [0.25, 0.3) is 0 Å². The van der Waals surface area contributed by atoms with Crippen LogP contribution in [0.1, 0.15) is 57.1 Å². The summed E-state index contributed by atoms with van der Waals surface area (Å²) in [5.74, 6) is 0.459. The van der Waals surface area contributed by atoms with E-state index >= 15 is 0 Å². The second-order valence-electron chi connectivity index (χ2n) is 8.73. The van der Waals surface area contributed by atoms with Gasteiger partial charge in [0.05, 0.1) is 12.6 Å². The first-order valence-electron chi connectivity index (χ1n) is 10.4. The predicted molar refractivity (Wildman–Crippen MR) is 105 cm³/mol. The highest BCUT2D eigenvalue weighted by atomic mass is 16.2. The number of likely N-dealkylation sites (tertiary alicyclic amines) is 2. The number of nitrogens with zero attached hydrogens (tertiary/aromatic N) is 2. The van der Waals surface area contributed by atoms with Gasteiger partial charge in [-0.1, -0.05) is 30.3 Å². The van der Waals surface area contributed by atoms with E-state index in [0.717, 1.165) is 44.5 Å². The molecule has 1 N–H and O–H groups in total. The number of carbonyl (C=O) groups is 2. The van der Waals surface area contributed by atoms with Crippen molar-refractivity contribution < 1.29 is 9.59 Å². The predicted octanol–water partition coefficient (Wildman–Crippen LogP) is 2.73. The molecule has 5 nitrogen and oxygen atoms in total. The van der Waals surface area contributed by atoms with E-state index in [1.807, 2.05) is 37.3 Å². The van der Waals surface area contributed by atoms with E-state index in [4.69, 9.17) is 0 Å². The fraction of sp³-hybridized carbons (Fsp3) is 0.636. The summed E-state index contributed by atoms with van der Waals surface area (Å²) in [5, 5.41) is 3.12. The largest absolute Gasteiger partial charge is 0.348 e. The lowest BCUT2D eigenvalue weighted by atomic mass is 9.72. The second-order valence-corrected chi connectivity index (χ2v) is 8.73. The zero-order chi connectivity index (χ0) is 18.9. The number of hydrogen-bond acceptors (Lipinski definition) is 3. The van der Waals surface area contributed by atoms with Crippen molar-refractivity contribution in [2.75, 3.05) is 26.2 Å². The first-order chi connectivity index (χ1) is 13.0. The number of benzene rings is 1. The Kier molecular flexibility index (Phi) is 5.22. The number of amides is 2. The average Bonchev–Trinajstić information content (AvgIpc) is 3.52. The molecule has 1 spiro atoms. The highest BCUT2D eigenvalue weighted by Gasteiger charge is 2.45. The number of hydrogen-bond donors (Lipinski definition) is 1. The molecule has 0 unspecified atom stereocenters. The zero-order valence-electron chi connectivity index (χ0n) is 16.3. The van der Waals surface area contributed by atoms with Crippen molar-refractivity contribution in [1.29, 1.82) is 0 Å². The first-order valence-corrected chi connectivity index (χ1v) is 10.4. The Morgan fingerprint density at radius 3 is 2.56 bits per heavy atom. The van der Waals surface area contributed by atoms with Crippen LogP contribution in [0.2, 0.25) is 0 Å². The molecule has 2 amide bonds. The third-order valence-electron chi connectivity index (χ3n) is 6.64. The van der Waals surface area contributed by atoms with Crippen molar-refractivity contribution in [2.24, 2.45) is 5.41 Å². The number of carbonyl (C=O) groups excluding carboxylic acids is 2. The van der Waals surface area contributed by atoms with Crippen LogP contribution in [0.3, 0.4) is 0 Å². The molecule has 2 heterocycles. The van der Waals surface area contributed by atoms with Crippen molar-refractivity contribution in [1.82, 2.24) is 15.1 Å². The molecule has 1 saturated carbocycles. The third kappa shape index (κ3) is 4.34. The minimum atomic E-state index is 0.0336. The van der Waals surface area contributed by atoms with E-state index in [2.05, 4.69) is 15.1 Å². The van der Waals surface area contributed by atoms with E-state index in [1.165, 1.54) is 12.8 Å². The van der Waals surface area contributed by atoms with E-state index in [9.17, 15) is 9.59 Å². The van der Waals surface area contributed by atoms with Gasteiger partial charge in [-0.3, -0.25) is 14.5 Å². The molecule has 1 aromatic rings. The minimum absolute atomic E-state index is 0.0336. The summed E-state index contributed by atoms with van der Waals surface area (Å²) in [4.78, 5) is 29.1. The van der Waals surface area contributed by atoms with Gasteiger partial charge in [0.15, 0.2) is 0 Å². The molecule has 3 aliphatic rings. The maximum atomic E-state index is 12.4. The van der Waals surface area contributed by atoms with Gasteiger partial charge in [-0.05, 0) is 63.1 Å². The van der Waals surface area contributed by atoms with Gasteiger partial charge in [0, 0.05) is 19.0 Å².